The fourth-order valence-corrected chi connectivity index (χ4v) is 2.50. The van der Waals surface area contributed by atoms with Gasteiger partial charge in [-0.25, -0.2) is 0 Å². The molecule has 2 aromatic carbocycles. The van der Waals surface area contributed by atoms with Crippen molar-refractivity contribution >= 4 is 11.9 Å². The zero-order valence-electron chi connectivity index (χ0n) is 14.6. The monoisotopic (exact) mass is 340 g/mol. The molecular formula is C20H22NO4-. The molecular weight excluding hydrogens is 318 g/mol. The van der Waals surface area contributed by atoms with E-state index < -0.39 is 12.0 Å². The summed E-state index contributed by atoms with van der Waals surface area (Å²) in [4.78, 5) is 23.5. The van der Waals surface area contributed by atoms with Crippen molar-refractivity contribution in [1.82, 2.24) is 5.32 Å². The van der Waals surface area contributed by atoms with Gasteiger partial charge in [0.2, 0.25) is 0 Å². The molecule has 0 bridgehead atoms. The molecule has 0 unspecified atom stereocenters. The minimum absolute atomic E-state index is 0.0471. The molecule has 1 amide bonds. The molecule has 1 atom stereocenters. The van der Waals surface area contributed by atoms with Crippen LogP contribution in [0, 0.1) is 6.92 Å². The Morgan fingerprint density at radius 1 is 1.12 bits per heavy atom. The summed E-state index contributed by atoms with van der Waals surface area (Å²) >= 11 is 0. The zero-order valence-corrected chi connectivity index (χ0v) is 14.6. The maximum Gasteiger partial charge on any atom is 0.251 e. The van der Waals surface area contributed by atoms with E-state index in [0.29, 0.717) is 16.9 Å². The SMILES string of the molecule is Cc1cccc(C(=O)N[C@@H](CC(=O)[O-])c2ccc(OC(C)C)cc2)c1. The number of amides is 1. The van der Waals surface area contributed by atoms with Crippen molar-refractivity contribution in [3.8, 4) is 5.75 Å². The second-order valence-electron chi connectivity index (χ2n) is 6.21. The molecule has 5 heteroatoms. The highest BCUT2D eigenvalue weighted by Gasteiger charge is 2.16. The van der Waals surface area contributed by atoms with E-state index in [4.69, 9.17) is 4.74 Å². The lowest BCUT2D eigenvalue weighted by molar-refractivity contribution is -0.306. The van der Waals surface area contributed by atoms with Gasteiger partial charge < -0.3 is 20.0 Å². The first kappa shape index (κ1) is 18.5. The van der Waals surface area contributed by atoms with E-state index in [0.717, 1.165) is 5.56 Å². The second kappa shape index (κ2) is 8.33. The number of hydrogen-bond acceptors (Lipinski definition) is 4. The predicted molar refractivity (Wildman–Crippen MR) is 93.2 cm³/mol. The number of aryl methyl sites for hydroxylation is 1. The van der Waals surface area contributed by atoms with Crippen LogP contribution in [0.25, 0.3) is 0 Å². The Morgan fingerprint density at radius 3 is 2.36 bits per heavy atom. The topological polar surface area (TPSA) is 78.5 Å². The summed E-state index contributed by atoms with van der Waals surface area (Å²) in [5.41, 5.74) is 2.13. The van der Waals surface area contributed by atoms with Gasteiger partial charge in [0.25, 0.3) is 5.91 Å². The van der Waals surface area contributed by atoms with E-state index in [1.54, 1.807) is 42.5 Å². The van der Waals surface area contributed by atoms with E-state index in [-0.39, 0.29) is 18.4 Å². The molecule has 0 spiro atoms. The fraction of sp³-hybridized carbons (Fsp3) is 0.300. The first-order valence-electron chi connectivity index (χ1n) is 8.19. The van der Waals surface area contributed by atoms with Crippen LogP contribution in [0.15, 0.2) is 48.5 Å². The third kappa shape index (κ3) is 5.64. The number of aliphatic carboxylic acids is 1. The number of rotatable bonds is 7. The molecule has 132 valence electrons. The van der Waals surface area contributed by atoms with E-state index in [1.807, 2.05) is 26.8 Å². The Hall–Kier alpha value is -2.82. The van der Waals surface area contributed by atoms with Crippen LogP contribution in [0.2, 0.25) is 0 Å². The van der Waals surface area contributed by atoms with E-state index >= 15 is 0 Å². The molecule has 0 saturated heterocycles. The molecule has 0 fully saturated rings. The van der Waals surface area contributed by atoms with Gasteiger partial charge in [-0.1, -0.05) is 29.8 Å². The summed E-state index contributed by atoms with van der Waals surface area (Å²) in [5, 5.41) is 13.8. The summed E-state index contributed by atoms with van der Waals surface area (Å²) in [5.74, 6) is -0.856. The molecule has 2 rings (SSSR count). The van der Waals surface area contributed by atoms with Crippen LogP contribution in [0.4, 0.5) is 0 Å². The minimum Gasteiger partial charge on any atom is -0.550 e. The second-order valence-corrected chi connectivity index (χ2v) is 6.21. The molecule has 1 N–H and O–H groups in total. The average molecular weight is 340 g/mol. The molecule has 0 aliphatic heterocycles. The van der Waals surface area contributed by atoms with Gasteiger partial charge in [0.1, 0.15) is 5.75 Å². The molecule has 0 radical (unpaired) electrons. The fourth-order valence-electron chi connectivity index (χ4n) is 2.50. The Morgan fingerprint density at radius 2 is 1.80 bits per heavy atom. The largest absolute Gasteiger partial charge is 0.550 e. The van der Waals surface area contributed by atoms with Gasteiger partial charge in [-0.2, -0.15) is 0 Å². The van der Waals surface area contributed by atoms with Crippen molar-refractivity contribution in [2.45, 2.75) is 39.3 Å². The van der Waals surface area contributed by atoms with Gasteiger partial charge in [0.15, 0.2) is 0 Å². The number of nitrogens with one attached hydrogen (secondary N) is 1. The van der Waals surface area contributed by atoms with Gasteiger partial charge in [-0.3, -0.25) is 4.79 Å². The normalized spacial score (nSPS) is 11.8. The van der Waals surface area contributed by atoms with E-state index in [9.17, 15) is 14.7 Å². The van der Waals surface area contributed by atoms with Crippen molar-refractivity contribution < 1.29 is 19.4 Å². The molecule has 25 heavy (non-hydrogen) atoms. The highest BCUT2D eigenvalue weighted by Crippen LogP contribution is 2.21. The lowest BCUT2D eigenvalue weighted by Crippen LogP contribution is -2.34. The third-order valence-electron chi connectivity index (χ3n) is 3.61. The maximum absolute atomic E-state index is 12.4. The van der Waals surface area contributed by atoms with E-state index in [2.05, 4.69) is 5.32 Å². The Balaban J connectivity index is 2.18. The van der Waals surface area contributed by atoms with Crippen molar-refractivity contribution in [3.63, 3.8) is 0 Å². The Bertz CT molecular complexity index is 738. The van der Waals surface area contributed by atoms with Crippen LogP contribution in [-0.4, -0.2) is 18.0 Å². The first-order valence-corrected chi connectivity index (χ1v) is 8.19. The molecule has 0 heterocycles. The average Bonchev–Trinajstić information content (AvgIpc) is 2.54. The van der Waals surface area contributed by atoms with Crippen molar-refractivity contribution in [3.05, 3.63) is 65.2 Å². The highest BCUT2D eigenvalue weighted by molar-refractivity contribution is 5.94. The van der Waals surface area contributed by atoms with Crippen molar-refractivity contribution in [2.75, 3.05) is 0 Å². The van der Waals surface area contributed by atoms with Crippen LogP contribution < -0.4 is 15.2 Å². The number of ether oxygens (including phenoxy) is 1. The number of carbonyl (C=O) groups is 2. The van der Waals surface area contributed by atoms with Gasteiger partial charge >= 0.3 is 0 Å². The van der Waals surface area contributed by atoms with Gasteiger partial charge in [-0.05, 0) is 50.6 Å². The summed E-state index contributed by atoms with van der Waals surface area (Å²) in [6.07, 6.45) is -0.257. The van der Waals surface area contributed by atoms with Crippen LogP contribution in [-0.2, 0) is 4.79 Å². The number of carbonyl (C=O) groups excluding carboxylic acids is 2. The smallest absolute Gasteiger partial charge is 0.251 e. The predicted octanol–water partition coefficient (Wildman–Crippen LogP) is 2.39. The van der Waals surface area contributed by atoms with Crippen LogP contribution in [0.5, 0.6) is 5.75 Å². The van der Waals surface area contributed by atoms with E-state index in [1.165, 1.54) is 0 Å². The first-order chi connectivity index (χ1) is 11.8. The third-order valence-corrected chi connectivity index (χ3v) is 3.61. The quantitative estimate of drug-likeness (QED) is 0.839. The summed E-state index contributed by atoms with van der Waals surface area (Å²) in [6, 6.07) is 13.5. The lowest BCUT2D eigenvalue weighted by Gasteiger charge is -2.20. The van der Waals surface area contributed by atoms with Crippen LogP contribution in [0.3, 0.4) is 0 Å². The number of hydrogen-bond donors (Lipinski definition) is 1. The maximum atomic E-state index is 12.4. The van der Waals surface area contributed by atoms with Crippen LogP contribution in [0.1, 0.15) is 47.8 Å². The van der Waals surface area contributed by atoms with Crippen molar-refractivity contribution in [1.29, 1.82) is 0 Å². The molecule has 2 aromatic rings. The summed E-state index contributed by atoms with van der Waals surface area (Å²) in [7, 11) is 0. The summed E-state index contributed by atoms with van der Waals surface area (Å²) < 4.78 is 5.58. The molecule has 0 saturated carbocycles. The van der Waals surface area contributed by atoms with Gasteiger partial charge in [0.05, 0.1) is 12.1 Å². The molecule has 0 aromatic heterocycles. The van der Waals surface area contributed by atoms with Gasteiger partial charge in [-0.15, -0.1) is 0 Å². The zero-order chi connectivity index (χ0) is 18.4. The Kier molecular flexibility index (Phi) is 6.17. The Labute approximate surface area is 147 Å². The van der Waals surface area contributed by atoms with Crippen LogP contribution >= 0.6 is 0 Å². The van der Waals surface area contributed by atoms with Gasteiger partial charge in [0, 0.05) is 18.0 Å². The lowest BCUT2D eigenvalue weighted by atomic mass is 10.0. The number of carboxylic acids is 1. The number of benzene rings is 2. The van der Waals surface area contributed by atoms with Crippen molar-refractivity contribution in [2.24, 2.45) is 0 Å². The number of carboxylic acid groups (broad SMARTS) is 1. The minimum atomic E-state index is -1.22. The summed E-state index contributed by atoms with van der Waals surface area (Å²) in [6.45, 7) is 5.74. The highest BCUT2D eigenvalue weighted by atomic mass is 16.5. The molecule has 0 aliphatic rings. The molecule has 5 nitrogen and oxygen atoms in total. The molecule has 0 aliphatic carbocycles. The standard InChI is InChI=1S/C20H23NO4/c1-13(2)25-17-9-7-15(8-10-17)18(12-19(22)23)21-20(24)16-6-4-5-14(3)11-16/h4-11,13,18H,12H2,1-3H3,(H,21,24)(H,22,23)/p-1/t18-/m0/s1.